The van der Waals surface area contributed by atoms with Gasteiger partial charge in [-0.1, -0.05) is 49.4 Å². The first kappa shape index (κ1) is 14.7. The number of nitro groups is 1. The summed E-state index contributed by atoms with van der Waals surface area (Å²) in [5.41, 5.74) is 0.646. The minimum atomic E-state index is -0.423. The molecule has 0 saturated heterocycles. The molecule has 1 aromatic carbocycles. The number of nitro benzene ring substituents is 1. The molecule has 0 aliphatic heterocycles. The summed E-state index contributed by atoms with van der Waals surface area (Å²) in [6.45, 7) is 0. The highest BCUT2D eigenvalue weighted by molar-refractivity contribution is 5.58. The number of aromatic nitrogens is 2. The molecule has 1 heterocycles. The summed E-state index contributed by atoms with van der Waals surface area (Å²) in [7, 11) is 0. The quantitative estimate of drug-likeness (QED) is 0.611. The van der Waals surface area contributed by atoms with E-state index in [1.807, 2.05) is 0 Å². The topological polar surface area (TPSA) is 82.1 Å². The van der Waals surface area contributed by atoms with Crippen LogP contribution in [0.1, 0.15) is 44.4 Å². The van der Waals surface area contributed by atoms with Crippen molar-refractivity contribution in [2.75, 3.05) is 0 Å². The summed E-state index contributed by atoms with van der Waals surface area (Å²) >= 11 is 0. The minimum Gasteiger partial charge on any atom is -0.339 e. The van der Waals surface area contributed by atoms with E-state index in [4.69, 9.17) is 4.52 Å². The summed E-state index contributed by atoms with van der Waals surface area (Å²) < 4.78 is 5.28. The Morgan fingerprint density at radius 3 is 2.86 bits per heavy atom. The van der Waals surface area contributed by atoms with Gasteiger partial charge in [0.1, 0.15) is 0 Å². The smallest absolute Gasteiger partial charge is 0.270 e. The van der Waals surface area contributed by atoms with Crippen LogP contribution in [0.15, 0.2) is 28.8 Å². The second-order valence-corrected chi connectivity index (χ2v) is 5.86. The molecule has 1 aliphatic rings. The predicted molar refractivity (Wildman–Crippen MR) is 81.3 cm³/mol. The molecular weight excluding hydrogens is 282 g/mol. The van der Waals surface area contributed by atoms with Gasteiger partial charge in [0.15, 0.2) is 0 Å². The number of hydrogen-bond donors (Lipinski definition) is 0. The molecule has 22 heavy (non-hydrogen) atoms. The lowest BCUT2D eigenvalue weighted by atomic mass is 9.86. The van der Waals surface area contributed by atoms with E-state index < -0.39 is 4.92 Å². The molecule has 6 nitrogen and oxygen atoms in total. The first-order valence-corrected chi connectivity index (χ1v) is 7.80. The monoisotopic (exact) mass is 301 g/mol. The van der Waals surface area contributed by atoms with E-state index in [1.165, 1.54) is 44.2 Å². The van der Waals surface area contributed by atoms with Crippen LogP contribution >= 0.6 is 0 Å². The zero-order chi connectivity index (χ0) is 15.4. The third kappa shape index (κ3) is 3.50. The van der Waals surface area contributed by atoms with Crippen molar-refractivity contribution in [3.63, 3.8) is 0 Å². The fraction of sp³-hybridized carbons (Fsp3) is 0.500. The van der Waals surface area contributed by atoms with Gasteiger partial charge in [-0.25, -0.2) is 0 Å². The second-order valence-electron chi connectivity index (χ2n) is 5.86. The van der Waals surface area contributed by atoms with Crippen LogP contribution < -0.4 is 0 Å². The van der Waals surface area contributed by atoms with Gasteiger partial charge in [-0.3, -0.25) is 10.1 Å². The molecule has 0 radical (unpaired) electrons. The maximum atomic E-state index is 10.8. The molecule has 1 aromatic heterocycles. The van der Waals surface area contributed by atoms with Crippen LogP contribution in [0.5, 0.6) is 0 Å². The number of hydrogen-bond acceptors (Lipinski definition) is 5. The zero-order valence-electron chi connectivity index (χ0n) is 12.4. The lowest BCUT2D eigenvalue weighted by Gasteiger charge is -2.20. The molecule has 0 amide bonds. The van der Waals surface area contributed by atoms with E-state index in [2.05, 4.69) is 10.1 Å². The fourth-order valence-corrected chi connectivity index (χ4v) is 3.04. The Morgan fingerprint density at radius 2 is 2.09 bits per heavy atom. The Balaban J connectivity index is 1.65. The highest BCUT2D eigenvalue weighted by Crippen LogP contribution is 2.28. The van der Waals surface area contributed by atoms with Gasteiger partial charge in [-0.05, 0) is 12.3 Å². The molecule has 1 saturated carbocycles. The SMILES string of the molecule is O=[N+]([O-])c1cccc(-c2noc(CCC3CCCCC3)n2)c1. The third-order valence-corrected chi connectivity index (χ3v) is 4.27. The minimum absolute atomic E-state index is 0.0334. The molecule has 0 N–H and O–H groups in total. The highest BCUT2D eigenvalue weighted by atomic mass is 16.6. The van der Waals surface area contributed by atoms with Crippen LogP contribution in [-0.4, -0.2) is 15.1 Å². The fourth-order valence-electron chi connectivity index (χ4n) is 3.04. The highest BCUT2D eigenvalue weighted by Gasteiger charge is 2.16. The standard InChI is InChI=1S/C16H19N3O3/c20-19(21)14-8-4-7-13(11-14)16-17-15(22-18-16)10-9-12-5-2-1-3-6-12/h4,7-8,11-12H,1-3,5-6,9-10H2. The number of rotatable bonds is 5. The Labute approximate surface area is 128 Å². The Bertz CT molecular complexity index is 648. The van der Waals surface area contributed by atoms with Gasteiger partial charge >= 0.3 is 0 Å². The maximum absolute atomic E-state index is 10.8. The predicted octanol–water partition coefficient (Wildman–Crippen LogP) is 4.16. The first-order valence-electron chi connectivity index (χ1n) is 7.80. The summed E-state index contributed by atoms with van der Waals surface area (Å²) in [6, 6.07) is 6.30. The van der Waals surface area contributed by atoms with Gasteiger partial charge in [0.2, 0.25) is 11.7 Å². The average molecular weight is 301 g/mol. The van der Waals surface area contributed by atoms with Crippen LogP contribution in [0.3, 0.4) is 0 Å². The summed E-state index contributed by atoms with van der Waals surface area (Å²) in [5.74, 6) is 1.80. The van der Waals surface area contributed by atoms with Gasteiger partial charge in [0.05, 0.1) is 4.92 Å². The van der Waals surface area contributed by atoms with Gasteiger partial charge in [0, 0.05) is 24.1 Å². The van der Waals surface area contributed by atoms with Crippen molar-refractivity contribution in [1.82, 2.24) is 10.1 Å². The maximum Gasteiger partial charge on any atom is 0.270 e. The molecule has 1 aliphatic carbocycles. The Kier molecular flexibility index (Phi) is 4.46. The number of nitrogens with zero attached hydrogens (tertiary/aromatic N) is 3. The van der Waals surface area contributed by atoms with Gasteiger partial charge in [-0.15, -0.1) is 0 Å². The summed E-state index contributed by atoms with van der Waals surface area (Å²) in [4.78, 5) is 14.8. The molecule has 0 bridgehead atoms. The van der Waals surface area contributed by atoms with E-state index in [-0.39, 0.29) is 5.69 Å². The Morgan fingerprint density at radius 1 is 1.27 bits per heavy atom. The van der Waals surface area contributed by atoms with Crippen molar-refractivity contribution in [2.24, 2.45) is 5.92 Å². The van der Waals surface area contributed by atoms with Crippen molar-refractivity contribution >= 4 is 5.69 Å². The summed E-state index contributed by atoms with van der Waals surface area (Å²) in [6.07, 6.45) is 8.47. The van der Waals surface area contributed by atoms with Crippen LogP contribution in [-0.2, 0) is 6.42 Å². The van der Waals surface area contributed by atoms with Crippen molar-refractivity contribution in [3.05, 3.63) is 40.3 Å². The lowest BCUT2D eigenvalue weighted by molar-refractivity contribution is -0.384. The first-order chi connectivity index (χ1) is 10.7. The van der Waals surface area contributed by atoms with E-state index >= 15 is 0 Å². The van der Waals surface area contributed by atoms with Crippen LogP contribution in [0.2, 0.25) is 0 Å². The molecule has 3 rings (SSSR count). The normalized spacial score (nSPS) is 15.8. The van der Waals surface area contributed by atoms with E-state index in [0.717, 1.165) is 18.8 Å². The molecule has 2 aromatic rings. The largest absolute Gasteiger partial charge is 0.339 e. The zero-order valence-corrected chi connectivity index (χ0v) is 12.4. The van der Waals surface area contributed by atoms with Crippen molar-refractivity contribution in [3.8, 4) is 11.4 Å². The molecule has 116 valence electrons. The van der Waals surface area contributed by atoms with E-state index in [1.54, 1.807) is 12.1 Å². The van der Waals surface area contributed by atoms with Gasteiger partial charge in [-0.2, -0.15) is 4.98 Å². The molecule has 6 heteroatoms. The van der Waals surface area contributed by atoms with Crippen LogP contribution in [0.4, 0.5) is 5.69 Å². The van der Waals surface area contributed by atoms with Gasteiger partial charge < -0.3 is 4.52 Å². The molecule has 0 atom stereocenters. The molecular formula is C16H19N3O3. The number of benzene rings is 1. The molecule has 0 spiro atoms. The van der Waals surface area contributed by atoms with Crippen molar-refractivity contribution in [2.45, 2.75) is 44.9 Å². The number of non-ortho nitro benzene ring substituents is 1. The lowest BCUT2D eigenvalue weighted by Crippen LogP contribution is -2.07. The van der Waals surface area contributed by atoms with Crippen molar-refractivity contribution in [1.29, 1.82) is 0 Å². The summed E-state index contributed by atoms with van der Waals surface area (Å²) in [5, 5.41) is 14.8. The van der Waals surface area contributed by atoms with Crippen LogP contribution in [0, 0.1) is 16.0 Å². The Hall–Kier alpha value is -2.24. The molecule has 0 unspecified atom stereocenters. The third-order valence-electron chi connectivity index (χ3n) is 4.27. The van der Waals surface area contributed by atoms with Gasteiger partial charge in [0.25, 0.3) is 5.69 Å². The van der Waals surface area contributed by atoms with Crippen LogP contribution in [0.25, 0.3) is 11.4 Å². The van der Waals surface area contributed by atoms with E-state index in [0.29, 0.717) is 17.3 Å². The average Bonchev–Trinajstić information content (AvgIpc) is 3.03. The molecule has 1 fully saturated rings. The second kappa shape index (κ2) is 6.68. The van der Waals surface area contributed by atoms with E-state index in [9.17, 15) is 10.1 Å². The van der Waals surface area contributed by atoms with Crippen molar-refractivity contribution < 1.29 is 9.45 Å². The number of aryl methyl sites for hydroxylation is 1.